The number of carbonyl (C=O) groups is 1. The molecule has 6 nitrogen and oxygen atoms in total. The number of nitrogens with zero attached hydrogens (tertiary/aromatic N) is 3. The number of morpholine rings is 1. The van der Waals surface area contributed by atoms with Gasteiger partial charge in [-0.05, 0) is 12.1 Å². The Morgan fingerprint density at radius 1 is 1.21 bits per heavy atom. The third kappa shape index (κ3) is 5.83. The van der Waals surface area contributed by atoms with Gasteiger partial charge in [0.15, 0.2) is 0 Å². The minimum Gasteiger partial charge on any atom is -0.379 e. The van der Waals surface area contributed by atoms with E-state index in [1.807, 2.05) is 41.1 Å². The van der Waals surface area contributed by atoms with Crippen molar-refractivity contribution < 1.29 is 9.53 Å². The monoisotopic (exact) mass is 402 g/mol. The molecular formula is C21H30N4O2S. The predicted molar refractivity (Wildman–Crippen MR) is 115 cm³/mol. The normalized spacial score (nSPS) is 15.5. The zero-order valence-electron chi connectivity index (χ0n) is 17.0. The number of hydrogen-bond donors (Lipinski definition) is 1. The van der Waals surface area contributed by atoms with Gasteiger partial charge in [-0.15, -0.1) is 0 Å². The summed E-state index contributed by atoms with van der Waals surface area (Å²) >= 11 is 1.66. The molecule has 0 atom stereocenters. The van der Waals surface area contributed by atoms with E-state index in [0.29, 0.717) is 5.75 Å². The van der Waals surface area contributed by atoms with E-state index in [2.05, 4.69) is 31.0 Å². The highest BCUT2D eigenvalue weighted by Gasteiger charge is 2.21. The first-order valence-electron chi connectivity index (χ1n) is 9.77. The van der Waals surface area contributed by atoms with E-state index >= 15 is 0 Å². The Labute approximate surface area is 171 Å². The van der Waals surface area contributed by atoms with Crippen LogP contribution in [-0.2, 0) is 14.9 Å². The third-order valence-corrected chi connectivity index (χ3v) is 5.57. The molecule has 2 heterocycles. The average molecular weight is 403 g/mol. The van der Waals surface area contributed by atoms with Gasteiger partial charge in [0.1, 0.15) is 5.82 Å². The molecule has 0 spiro atoms. The minimum atomic E-state index is -0.0909. The summed E-state index contributed by atoms with van der Waals surface area (Å²) in [7, 11) is 0. The van der Waals surface area contributed by atoms with E-state index in [1.165, 1.54) is 0 Å². The van der Waals surface area contributed by atoms with Crippen LogP contribution in [0.1, 0.15) is 26.5 Å². The molecule has 7 heteroatoms. The second kappa shape index (κ2) is 9.58. The van der Waals surface area contributed by atoms with Crippen molar-refractivity contribution in [2.24, 2.45) is 0 Å². The lowest BCUT2D eigenvalue weighted by molar-refractivity contribution is -0.113. The lowest BCUT2D eigenvalue weighted by Gasteiger charge is -2.26. The van der Waals surface area contributed by atoms with Gasteiger partial charge in [0.25, 0.3) is 0 Å². The van der Waals surface area contributed by atoms with Crippen LogP contribution in [0.15, 0.2) is 36.4 Å². The second-order valence-electron chi connectivity index (χ2n) is 7.97. The van der Waals surface area contributed by atoms with Gasteiger partial charge in [-0.2, -0.15) is 16.9 Å². The first kappa shape index (κ1) is 20.9. The molecule has 1 fully saturated rings. The quantitative estimate of drug-likeness (QED) is 0.721. The van der Waals surface area contributed by atoms with E-state index in [-0.39, 0.29) is 11.3 Å². The first-order valence-corrected chi connectivity index (χ1v) is 10.9. The first-order chi connectivity index (χ1) is 13.4. The van der Waals surface area contributed by atoms with Gasteiger partial charge in [-0.3, -0.25) is 9.69 Å². The molecular weight excluding hydrogens is 372 g/mol. The summed E-state index contributed by atoms with van der Waals surface area (Å²) in [4.78, 5) is 14.9. The van der Waals surface area contributed by atoms with Crippen molar-refractivity contribution in [2.75, 3.05) is 49.7 Å². The number of rotatable bonds is 7. The zero-order chi connectivity index (χ0) is 20.0. The molecule has 1 amide bonds. The predicted octanol–water partition coefficient (Wildman–Crippen LogP) is 3.17. The standard InChI is InChI=1S/C21H30N4O2S/c1-21(2,3)18-15-19(25(23-18)17-7-5-4-6-8-17)22-20(26)16-28-14-11-24-9-12-27-13-10-24/h4-8,15H,9-14,16H2,1-3H3,(H,22,26). The summed E-state index contributed by atoms with van der Waals surface area (Å²) < 4.78 is 7.18. The van der Waals surface area contributed by atoms with Crippen LogP contribution < -0.4 is 5.32 Å². The van der Waals surface area contributed by atoms with E-state index < -0.39 is 0 Å². The van der Waals surface area contributed by atoms with Crippen LogP contribution in [-0.4, -0.2) is 64.9 Å². The third-order valence-electron chi connectivity index (χ3n) is 4.63. The van der Waals surface area contributed by atoms with Crippen molar-refractivity contribution in [3.63, 3.8) is 0 Å². The summed E-state index contributed by atoms with van der Waals surface area (Å²) in [5.74, 6) is 2.10. The minimum absolute atomic E-state index is 0.00418. The molecule has 152 valence electrons. The SMILES string of the molecule is CC(C)(C)c1cc(NC(=O)CSCCN2CCOCC2)n(-c2ccccc2)n1. The fourth-order valence-corrected chi connectivity index (χ4v) is 3.75. The summed E-state index contributed by atoms with van der Waals surface area (Å²) in [5, 5.41) is 7.79. The van der Waals surface area contributed by atoms with E-state index in [1.54, 1.807) is 11.8 Å². The zero-order valence-corrected chi connectivity index (χ0v) is 17.8. The van der Waals surface area contributed by atoms with E-state index in [4.69, 9.17) is 9.84 Å². The molecule has 28 heavy (non-hydrogen) atoms. The average Bonchev–Trinajstić information content (AvgIpc) is 3.11. The van der Waals surface area contributed by atoms with Crippen molar-refractivity contribution in [1.29, 1.82) is 0 Å². The number of amides is 1. The number of aromatic nitrogens is 2. The molecule has 1 aromatic carbocycles. The van der Waals surface area contributed by atoms with Crippen LogP contribution in [0, 0.1) is 0 Å². The number of ether oxygens (including phenoxy) is 1. The highest BCUT2D eigenvalue weighted by Crippen LogP contribution is 2.26. The molecule has 1 aromatic heterocycles. The fraction of sp³-hybridized carbons (Fsp3) is 0.524. The maximum Gasteiger partial charge on any atom is 0.235 e. The molecule has 1 aliphatic heterocycles. The smallest absolute Gasteiger partial charge is 0.235 e. The Morgan fingerprint density at radius 2 is 1.93 bits per heavy atom. The number of nitrogens with one attached hydrogen (secondary N) is 1. The summed E-state index contributed by atoms with van der Waals surface area (Å²) in [6.07, 6.45) is 0. The molecule has 0 saturated carbocycles. The Balaban J connectivity index is 1.59. The van der Waals surface area contributed by atoms with Gasteiger partial charge in [0.2, 0.25) is 5.91 Å². The summed E-state index contributed by atoms with van der Waals surface area (Å²) in [6, 6.07) is 11.9. The molecule has 0 unspecified atom stereocenters. The van der Waals surface area contributed by atoms with Crippen LogP contribution in [0.4, 0.5) is 5.82 Å². The van der Waals surface area contributed by atoms with Gasteiger partial charge >= 0.3 is 0 Å². The van der Waals surface area contributed by atoms with Gasteiger partial charge in [0, 0.05) is 36.9 Å². The molecule has 1 N–H and O–H groups in total. The Morgan fingerprint density at radius 3 is 2.61 bits per heavy atom. The summed E-state index contributed by atoms with van der Waals surface area (Å²) in [5.41, 5.74) is 1.80. The highest BCUT2D eigenvalue weighted by atomic mass is 32.2. The van der Waals surface area contributed by atoms with Crippen LogP contribution in [0.2, 0.25) is 0 Å². The molecule has 0 aliphatic carbocycles. The second-order valence-corrected chi connectivity index (χ2v) is 9.07. The van der Waals surface area contributed by atoms with Gasteiger partial charge in [0.05, 0.1) is 30.3 Å². The maximum absolute atomic E-state index is 12.5. The largest absolute Gasteiger partial charge is 0.379 e. The number of hydrogen-bond acceptors (Lipinski definition) is 5. The summed E-state index contributed by atoms with van der Waals surface area (Å²) in [6.45, 7) is 11.0. The van der Waals surface area contributed by atoms with Crippen molar-refractivity contribution in [2.45, 2.75) is 26.2 Å². The van der Waals surface area contributed by atoms with Crippen molar-refractivity contribution in [1.82, 2.24) is 14.7 Å². The Kier molecular flexibility index (Phi) is 7.15. The topological polar surface area (TPSA) is 59.4 Å². The number of para-hydroxylation sites is 1. The molecule has 0 radical (unpaired) electrons. The van der Waals surface area contributed by atoms with Gasteiger partial charge in [-0.25, -0.2) is 4.68 Å². The van der Waals surface area contributed by atoms with Crippen LogP contribution in [0.5, 0.6) is 0 Å². The van der Waals surface area contributed by atoms with E-state index in [9.17, 15) is 4.79 Å². The van der Waals surface area contributed by atoms with Crippen molar-refractivity contribution >= 4 is 23.5 Å². The maximum atomic E-state index is 12.5. The number of carbonyl (C=O) groups excluding carboxylic acids is 1. The molecule has 3 rings (SSSR count). The van der Waals surface area contributed by atoms with Crippen LogP contribution in [0.3, 0.4) is 0 Å². The number of thioether (sulfide) groups is 1. The number of benzene rings is 1. The lowest BCUT2D eigenvalue weighted by atomic mass is 9.92. The molecule has 0 bridgehead atoms. The molecule has 1 saturated heterocycles. The highest BCUT2D eigenvalue weighted by molar-refractivity contribution is 7.99. The van der Waals surface area contributed by atoms with Crippen molar-refractivity contribution in [3.05, 3.63) is 42.1 Å². The Hall–Kier alpha value is -1.83. The van der Waals surface area contributed by atoms with Gasteiger partial charge in [-0.1, -0.05) is 39.0 Å². The fourth-order valence-electron chi connectivity index (χ4n) is 2.96. The Bertz CT molecular complexity index is 764. The molecule has 2 aromatic rings. The van der Waals surface area contributed by atoms with Crippen molar-refractivity contribution in [3.8, 4) is 5.69 Å². The van der Waals surface area contributed by atoms with Crippen LogP contribution >= 0.6 is 11.8 Å². The number of anilines is 1. The van der Waals surface area contributed by atoms with Crippen LogP contribution in [0.25, 0.3) is 5.69 Å². The molecule has 1 aliphatic rings. The van der Waals surface area contributed by atoms with Gasteiger partial charge < -0.3 is 10.1 Å². The van der Waals surface area contributed by atoms with E-state index in [0.717, 1.165) is 55.8 Å². The lowest BCUT2D eigenvalue weighted by Crippen LogP contribution is -2.37.